The lowest BCUT2D eigenvalue weighted by Crippen LogP contribution is -2.58. The number of epoxide rings is 1. The Balaban J connectivity index is 1.54. The summed E-state index contributed by atoms with van der Waals surface area (Å²) in [6.07, 6.45) is 8.34. The molecule has 0 unspecified atom stereocenters. The van der Waals surface area contributed by atoms with Crippen LogP contribution in [-0.4, -0.2) is 45.2 Å². The number of carboxylic acid groups (broad SMARTS) is 1. The fraction of sp³-hybridized carbons (Fsp3) is 0.821. The minimum Gasteiger partial charge on any atom is -0.481 e. The molecular weight excluding hydrogens is 416 g/mol. The van der Waals surface area contributed by atoms with Gasteiger partial charge in [-0.1, -0.05) is 52.3 Å². The van der Waals surface area contributed by atoms with Gasteiger partial charge in [0, 0.05) is 11.8 Å². The number of carbonyl (C=O) groups is 1. The largest absolute Gasteiger partial charge is 0.481 e. The van der Waals surface area contributed by atoms with Gasteiger partial charge in [0.1, 0.15) is 17.8 Å². The van der Waals surface area contributed by atoms with Gasteiger partial charge in [-0.2, -0.15) is 0 Å². The van der Waals surface area contributed by atoms with Crippen molar-refractivity contribution in [3.63, 3.8) is 0 Å². The van der Waals surface area contributed by atoms with Crippen molar-refractivity contribution >= 4 is 5.97 Å². The van der Waals surface area contributed by atoms with Gasteiger partial charge in [0.15, 0.2) is 0 Å². The molecule has 0 radical (unpaired) electrons. The maximum atomic E-state index is 13.0. The topological polar surface area (TPSA) is 90.3 Å². The van der Waals surface area contributed by atoms with Crippen LogP contribution in [0, 0.1) is 40.4 Å². The van der Waals surface area contributed by atoms with Crippen molar-refractivity contribution in [1.29, 1.82) is 0 Å². The van der Waals surface area contributed by atoms with Gasteiger partial charge in [0.2, 0.25) is 0 Å². The molecule has 184 valence electrons. The normalized spacial score (nSPS) is 48.2. The van der Waals surface area contributed by atoms with Crippen molar-refractivity contribution in [2.75, 3.05) is 0 Å². The Labute approximate surface area is 198 Å². The fourth-order valence-electron chi connectivity index (χ4n) is 8.46. The van der Waals surface area contributed by atoms with Crippen LogP contribution in [0.4, 0.5) is 0 Å². The Morgan fingerprint density at radius 1 is 1.09 bits per heavy atom. The Hall–Kier alpha value is -1.17. The van der Waals surface area contributed by atoms with Gasteiger partial charge in [0.25, 0.3) is 0 Å². The smallest absolute Gasteiger partial charge is 0.314 e. The quantitative estimate of drug-likeness (QED) is 0.410. The highest BCUT2D eigenvalue weighted by atomic mass is 16.6. The fourth-order valence-corrected chi connectivity index (χ4v) is 8.46. The van der Waals surface area contributed by atoms with Gasteiger partial charge < -0.3 is 20.1 Å². The number of aliphatic carboxylic acids is 1. The van der Waals surface area contributed by atoms with Crippen LogP contribution < -0.4 is 0 Å². The molecule has 5 aliphatic rings. The van der Waals surface area contributed by atoms with E-state index in [-0.39, 0.29) is 35.4 Å². The lowest BCUT2D eigenvalue weighted by Gasteiger charge is -2.55. The van der Waals surface area contributed by atoms with Crippen LogP contribution >= 0.6 is 0 Å². The van der Waals surface area contributed by atoms with Crippen LogP contribution in [0.1, 0.15) is 79.6 Å². The molecule has 3 N–H and O–H groups in total. The van der Waals surface area contributed by atoms with Crippen LogP contribution in [0.5, 0.6) is 0 Å². The molecule has 5 nitrogen and oxygen atoms in total. The molecule has 10 atom stereocenters. The summed E-state index contributed by atoms with van der Waals surface area (Å²) in [5.74, 6) is 0.679. The third-order valence-corrected chi connectivity index (χ3v) is 10.8. The number of hydrogen-bond donors (Lipinski definition) is 3. The van der Waals surface area contributed by atoms with Gasteiger partial charge in [-0.15, -0.1) is 0 Å². The van der Waals surface area contributed by atoms with E-state index in [9.17, 15) is 20.1 Å². The number of allylic oxidation sites excluding steroid dienone is 2. The highest BCUT2D eigenvalue weighted by molar-refractivity contribution is 5.81. The van der Waals surface area contributed by atoms with Crippen molar-refractivity contribution < 1.29 is 24.9 Å². The Morgan fingerprint density at radius 2 is 1.82 bits per heavy atom. The van der Waals surface area contributed by atoms with E-state index in [2.05, 4.69) is 46.8 Å². The number of ether oxygens (including phenoxy) is 1. The van der Waals surface area contributed by atoms with E-state index in [1.165, 1.54) is 0 Å². The Morgan fingerprint density at radius 3 is 2.48 bits per heavy atom. The summed E-state index contributed by atoms with van der Waals surface area (Å²) in [6, 6.07) is 0. The second-order valence-corrected chi connectivity index (χ2v) is 12.5. The molecule has 4 fully saturated rings. The van der Waals surface area contributed by atoms with Crippen LogP contribution in [-0.2, 0) is 9.53 Å². The average molecular weight is 459 g/mol. The molecule has 33 heavy (non-hydrogen) atoms. The summed E-state index contributed by atoms with van der Waals surface area (Å²) in [5, 5.41) is 32.5. The van der Waals surface area contributed by atoms with Crippen molar-refractivity contribution in [1.82, 2.24) is 0 Å². The highest BCUT2D eigenvalue weighted by Gasteiger charge is 2.77. The molecule has 1 heterocycles. The van der Waals surface area contributed by atoms with Crippen molar-refractivity contribution in [2.45, 2.75) is 103 Å². The molecule has 1 saturated heterocycles. The molecule has 0 amide bonds. The number of fused-ring (bicyclic) bond motifs is 3. The average Bonchev–Trinajstić information content (AvgIpc) is 3.35. The molecule has 0 bridgehead atoms. The molecule has 0 aromatic carbocycles. The Bertz CT molecular complexity index is 891. The van der Waals surface area contributed by atoms with Crippen molar-refractivity contribution in [3.8, 4) is 0 Å². The van der Waals surface area contributed by atoms with Crippen LogP contribution in [0.2, 0.25) is 0 Å². The first kappa shape index (κ1) is 23.6. The number of carboxylic acids is 1. The number of aliphatic hydroxyl groups excluding tert-OH is 2. The molecule has 0 aromatic rings. The zero-order valence-corrected chi connectivity index (χ0v) is 20.9. The molecule has 3 saturated carbocycles. The maximum Gasteiger partial charge on any atom is 0.314 e. The number of aliphatic hydroxyl groups is 2. The van der Waals surface area contributed by atoms with Crippen molar-refractivity contribution in [3.05, 3.63) is 23.3 Å². The summed E-state index contributed by atoms with van der Waals surface area (Å²) in [4.78, 5) is 13.0. The van der Waals surface area contributed by atoms with Gasteiger partial charge in [-0.3, -0.25) is 4.79 Å². The molecule has 5 rings (SSSR count). The van der Waals surface area contributed by atoms with E-state index in [0.29, 0.717) is 24.7 Å². The summed E-state index contributed by atoms with van der Waals surface area (Å²) in [5.41, 5.74) is 0.548. The second-order valence-electron chi connectivity index (χ2n) is 12.5. The van der Waals surface area contributed by atoms with E-state index < -0.39 is 23.1 Å². The summed E-state index contributed by atoms with van der Waals surface area (Å²) in [7, 11) is 0. The summed E-state index contributed by atoms with van der Waals surface area (Å²) in [6.45, 7) is 11.1. The lowest BCUT2D eigenvalue weighted by molar-refractivity contribution is -0.151. The van der Waals surface area contributed by atoms with Gasteiger partial charge in [-0.05, 0) is 73.7 Å². The van der Waals surface area contributed by atoms with E-state index in [1.807, 2.05) is 0 Å². The summed E-state index contributed by atoms with van der Waals surface area (Å²) < 4.78 is 6.25. The first-order valence-corrected chi connectivity index (χ1v) is 13.2. The lowest BCUT2D eigenvalue weighted by atomic mass is 9.47. The van der Waals surface area contributed by atoms with Gasteiger partial charge in [0.05, 0.1) is 11.5 Å². The zero-order valence-electron chi connectivity index (χ0n) is 20.9. The molecule has 1 spiro atoms. The van der Waals surface area contributed by atoms with Crippen LogP contribution in [0.3, 0.4) is 0 Å². The monoisotopic (exact) mass is 458 g/mol. The maximum absolute atomic E-state index is 13.0. The molecule has 0 aromatic heterocycles. The molecule has 1 aliphatic heterocycles. The zero-order chi connectivity index (χ0) is 23.9. The van der Waals surface area contributed by atoms with Crippen molar-refractivity contribution in [2.24, 2.45) is 40.4 Å². The molecule has 4 aliphatic carbocycles. The van der Waals surface area contributed by atoms with E-state index in [0.717, 1.165) is 43.3 Å². The third kappa shape index (κ3) is 3.04. The number of rotatable bonds is 5. The Kier molecular flexibility index (Phi) is 5.47. The van der Waals surface area contributed by atoms with E-state index in [1.54, 1.807) is 0 Å². The van der Waals surface area contributed by atoms with Gasteiger partial charge in [-0.25, -0.2) is 0 Å². The van der Waals surface area contributed by atoms with Crippen LogP contribution in [0.25, 0.3) is 0 Å². The predicted octanol–water partition coefficient (Wildman–Crippen LogP) is 4.72. The minimum atomic E-state index is -0.878. The highest BCUT2D eigenvalue weighted by Crippen LogP contribution is 2.72. The summed E-state index contributed by atoms with van der Waals surface area (Å²) >= 11 is 0. The third-order valence-electron chi connectivity index (χ3n) is 10.8. The molecular formula is C28H42O5. The second kappa shape index (κ2) is 7.66. The van der Waals surface area contributed by atoms with Gasteiger partial charge >= 0.3 is 5.97 Å². The van der Waals surface area contributed by atoms with Crippen LogP contribution in [0.15, 0.2) is 23.3 Å². The van der Waals surface area contributed by atoms with E-state index >= 15 is 0 Å². The first-order chi connectivity index (χ1) is 15.5. The SMILES string of the molecule is CC(C)[C@@H](C)/C=C/[C@@H](C)[C@H]1CCC2=C3[C@@H](O)[C@@H]4O[C@@]45C[C@@H](O)CC[C@]5(C)[C@@H]3CC[C@@]21C(=O)O. The standard InChI is InChI=1S/C28H42O5/c1-15(2)16(3)6-7-17(4)19-8-9-21-22-20(11-13-27(19,21)25(31)32)26(5)12-10-18(29)14-28(26)24(33-28)23(22)30/h6-7,15-20,23-24,29-30H,8-14H2,1-5H3,(H,31,32)/b7-6+/t16-,17+,18-,19+,20+,23+,24-,26+,27-,28-/m0/s1. The predicted molar refractivity (Wildman–Crippen MR) is 126 cm³/mol. The first-order valence-electron chi connectivity index (χ1n) is 13.2. The van der Waals surface area contributed by atoms with E-state index in [4.69, 9.17) is 4.74 Å². The minimum absolute atomic E-state index is 0.0500. The number of hydrogen-bond acceptors (Lipinski definition) is 4. The molecule has 5 heteroatoms.